The maximum atomic E-state index is 7.00. The van der Waals surface area contributed by atoms with Crippen LogP contribution in [0.15, 0.2) is 24.3 Å². The number of rotatable bonds is 6. The molecule has 156 valence electrons. The van der Waals surface area contributed by atoms with Crippen LogP contribution >= 0.6 is 11.6 Å². The molecule has 0 bridgehead atoms. The van der Waals surface area contributed by atoms with Crippen LogP contribution in [0.1, 0.15) is 5.56 Å². The van der Waals surface area contributed by atoms with E-state index < -0.39 is 0 Å². The average molecular weight is 422 g/mol. The number of ether oxygens (including phenoxy) is 3. The van der Waals surface area contributed by atoms with E-state index in [2.05, 4.69) is 15.3 Å². The smallest absolute Gasteiger partial charge is 0.222 e. The number of hydrogen-bond acceptors (Lipinski definition) is 9. The summed E-state index contributed by atoms with van der Waals surface area (Å²) < 4.78 is 16.1. The summed E-state index contributed by atoms with van der Waals surface area (Å²) in [6, 6.07) is 7.30. The zero-order valence-electron chi connectivity index (χ0n) is 16.6. The number of anilines is 3. The summed E-state index contributed by atoms with van der Waals surface area (Å²) in [5.74, 6) is 1.99. The molecule has 3 aromatic rings. The highest BCUT2D eigenvalue weighted by Crippen LogP contribution is 2.40. The zero-order valence-corrected chi connectivity index (χ0v) is 17.4. The van der Waals surface area contributed by atoms with Gasteiger partial charge in [-0.2, -0.15) is 4.98 Å². The van der Waals surface area contributed by atoms with Crippen molar-refractivity contribution in [1.29, 1.82) is 0 Å². The topological polar surface area (TPSA) is 138 Å². The number of nitrogens with two attached hydrogens (primary N) is 2. The van der Waals surface area contributed by atoms with Crippen LogP contribution in [0, 0.1) is 0 Å². The van der Waals surface area contributed by atoms with Gasteiger partial charge in [-0.1, -0.05) is 17.7 Å². The van der Waals surface area contributed by atoms with Gasteiger partial charge in [0, 0.05) is 31.5 Å². The van der Waals surface area contributed by atoms with E-state index in [1.54, 1.807) is 21.3 Å². The number of halogens is 1. The minimum absolute atomic E-state index is 0.111. The Kier molecular flexibility index (Phi) is 7.52. The molecule has 2 aromatic carbocycles. The van der Waals surface area contributed by atoms with Crippen molar-refractivity contribution in [3.63, 3.8) is 0 Å². The molecule has 3 rings (SSSR count). The van der Waals surface area contributed by atoms with Crippen LogP contribution in [0.2, 0.25) is 5.02 Å². The number of nitrogen functional groups attached to an aromatic ring is 2. The molecule has 0 aliphatic rings. The number of nitrogens with zero attached hydrogens (tertiary/aromatic N) is 2. The molecule has 0 saturated carbocycles. The first-order chi connectivity index (χ1) is 14.0. The Hall–Kier alpha value is -3.17. The molecular formula is C19H24ClN5O4. The van der Waals surface area contributed by atoms with Crippen LogP contribution in [0.5, 0.6) is 17.2 Å². The van der Waals surface area contributed by atoms with E-state index >= 15 is 0 Å². The first kappa shape index (κ1) is 22.1. The molecule has 0 spiro atoms. The lowest BCUT2D eigenvalue weighted by Gasteiger charge is -2.16. The number of hydrogen-bond donors (Lipinski definition) is 4. The van der Waals surface area contributed by atoms with E-state index in [9.17, 15) is 0 Å². The molecule has 1 aromatic heterocycles. The molecule has 1 heterocycles. The van der Waals surface area contributed by atoms with Gasteiger partial charge < -0.3 is 36.1 Å². The van der Waals surface area contributed by atoms with Gasteiger partial charge >= 0.3 is 0 Å². The van der Waals surface area contributed by atoms with Crippen LogP contribution in [0.3, 0.4) is 0 Å². The summed E-state index contributed by atoms with van der Waals surface area (Å²) in [7, 11) is 5.69. The van der Waals surface area contributed by atoms with E-state index in [1.165, 1.54) is 0 Å². The summed E-state index contributed by atoms with van der Waals surface area (Å²) in [4.78, 5) is 8.14. The van der Waals surface area contributed by atoms with Gasteiger partial charge in [-0.25, -0.2) is 4.98 Å². The van der Waals surface area contributed by atoms with Crippen molar-refractivity contribution < 1.29 is 19.3 Å². The first-order valence-corrected chi connectivity index (χ1v) is 8.85. The predicted octanol–water partition coefficient (Wildman–Crippen LogP) is 2.69. The average Bonchev–Trinajstić information content (AvgIpc) is 2.73. The van der Waals surface area contributed by atoms with Gasteiger partial charge in [0.25, 0.3) is 0 Å². The van der Waals surface area contributed by atoms with Crippen molar-refractivity contribution in [2.24, 2.45) is 0 Å². The third kappa shape index (κ3) is 4.64. The molecular weight excluding hydrogens is 398 g/mol. The highest BCUT2D eigenvalue weighted by Gasteiger charge is 2.15. The molecule has 0 unspecified atom stereocenters. The number of nitrogens with one attached hydrogen (secondary N) is 1. The molecule has 0 fully saturated rings. The van der Waals surface area contributed by atoms with Crippen LogP contribution in [-0.2, 0) is 6.54 Å². The quantitative estimate of drug-likeness (QED) is 0.473. The number of aromatic nitrogens is 2. The largest absolute Gasteiger partial charge is 0.493 e. The highest BCUT2D eigenvalue weighted by molar-refractivity contribution is 6.37. The van der Waals surface area contributed by atoms with E-state index in [4.69, 9.17) is 42.4 Å². The van der Waals surface area contributed by atoms with Crippen molar-refractivity contribution in [2.45, 2.75) is 6.54 Å². The fourth-order valence-electron chi connectivity index (χ4n) is 2.79. The first-order valence-electron chi connectivity index (χ1n) is 8.47. The second-order valence-electron chi connectivity index (χ2n) is 5.67. The Balaban J connectivity index is 0.00000145. The highest BCUT2D eigenvalue weighted by atomic mass is 35.5. The molecule has 0 atom stereocenters. The summed E-state index contributed by atoms with van der Waals surface area (Å²) in [6.45, 7) is 0.442. The minimum Gasteiger partial charge on any atom is -0.493 e. The number of benzene rings is 2. The number of methoxy groups -OCH3 is 3. The van der Waals surface area contributed by atoms with Crippen LogP contribution in [-0.4, -0.2) is 43.5 Å². The lowest BCUT2D eigenvalue weighted by Crippen LogP contribution is -2.05. The van der Waals surface area contributed by atoms with Gasteiger partial charge in [0.15, 0.2) is 11.5 Å². The standard InChI is InChI=1S/C18H20ClN5O3.CH4O/c1-25-12-6-10(7-13(26-2)16(12)27-3)22-8-9-4-5-11-14(15(9)19)17(20)24-18(21)23-11;1-2/h4-7,22H,8H2,1-3H3,(H4,20,21,23,24);2H,1H3. The Labute approximate surface area is 173 Å². The summed E-state index contributed by atoms with van der Waals surface area (Å²) >= 11 is 6.52. The van der Waals surface area contributed by atoms with Gasteiger partial charge in [-0.05, 0) is 11.6 Å². The molecule has 0 aliphatic heterocycles. The molecule has 0 aliphatic carbocycles. The van der Waals surface area contributed by atoms with Crippen LogP contribution < -0.4 is 31.0 Å². The van der Waals surface area contributed by atoms with Crippen molar-refractivity contribution in [3.05, 3.63) is 34.9 Å². The molecule has 29 heavy (non-hydrogen) atoms. The third-order valence-corrected chi connectivity index (χ3v) is 4.51. The van der Waals surface area contributed by atoms with Gasteiger partial charge in [0.05, 0.1) is 37.3 Å². The summed E-state index contributed by atoms with van der Waals surface area (Å²) in [5.41, 5.74) is 13.8. The molecule has 10 heteroatoms. The lowest BCUT2D eigenvalue weighted by atomic mass is 10.1. The maximum Gasteiger partial charge on any atom is 0.222 e. The number of aliphatic hydroxyl groups is 1. The van der Waals surface area contributed by atoms with Crippen LogP contribution in [0.4, 0.5) is 17.5 Å². The predicted molar refractivity (Wildman–Crippen MR) is 115 cm³/mol. The van der Waals surface area contributed by atoms with Gasteiger partial charge in [0.1, 0.15) is 5.82 Å². The molecule has 0 radical (unpaired) electrons. The van der Waals surface area contributed by atoms with Crippen molar-refractivity contribution in [3.8, 4) is 17.2 Å². The van der Waals surface area contributed by atoms with E-state index in [-0.39, 0.29) is 11.8 Å². The van der Waals surface area contributed by atoms with Crippen molar-refractivity contribution >= 4 is 40.0 Å². The zero-order chi connectivity index (χ0) is 21.6. The van der Waals surface area contributed by atoms with E-state index in [0.29, 0.717) is 39.7 Å². The molecule has 0 saturated heterocycles. The SMILES string of the molecule is CO.COc1cc(NCc2ccc3nc(N)nc(N)c3c2Cl)cc(OC)c1OC. The van der Waals surface area contributed by atoms with E-state index in [0.717, 1.165) is 18.4 Å². The Morgan fingerprint density at radius 1 is 1.00 bits per heavy atom. The molecule has 0 amide bonds. The van der Waals surface area contributed by atoms with Gasteiger partial charge in [-0.3, -0.25) is 0 Å². The number of fused-ring (bicyclic) bond motifs is 1. The minimum atomic E-state index is 0.111. The van der Waals surface area contributed by atoms with Crippen LogP contribution in [0.25, 0.3) is 10.9 Å². The Morgan fingerprint density at radius 3 is 2.17 bits per heavy atom. The number of aliphatic hydroxyl groups excluding tert-OH is 1. The van der Waals surface area contributed by atoms with Gasteiger partial charge in [-0.15, -0.1) is 0 Å². The molecule has 9 nitrogen and oxygen atoms in total. The second-order valence-corrected chi connectivity index (χ2v) is 6.05. The van der Waals surface area contributed by atoms with E-state index in [1.807, 2.05) is 24.3 Å². The van der Waals surface area contributed by atoms with Gasteiger partial charge in [0.2, 0.25) is 11.7 Å². The second kappa shape index (κ2) is 9.85. The summed E-state index contributed by atoms with van der Waals surface area (Å²) in [6.07, 6.45) is 0. The maximum absolute atomic E-state index is 7.00. The third-order valence-electron chi connectivity index (χ3n) is 4.07. The normalized spacial score (nSPS) is 10.1. The fourth-order valence-corrected chi connectivity index (χ4v) is 3.11. The fraction of sp³-hybridized carbons (Fsp3) is 0.263. The van der Waals surface area contributed by atoms with Crippen molar-refractivity contribution in [2.75, 3.05) is 45.2 Å². The monoisotopic (exact) mass is 421 g/mol. The Bertz CT molecular complexity index is 975. The Morgan fingerprint density at radius 2 is 1.62 bits per heavy atom. The van der Waals surface area contributed by atoms with Crippen molar-refractivity contribution in [1.82, 2.24) is 9.97 Å². The summed E-state index contributed by atoms with van der Waals surface area (Å²) in [5, 5.41) is 11.3. The lowest BCUT2D eigenvalue weighted by molar-refractivity contribution is 0.324. The molecule has 6 N–H and O–H groups in total.